The van der Waals surface area contributed by atoms with Crippen molar-refractivity contribution in [1.29, 1.82) is 0 Å². The lowest BCUT2D eigenvalue weighted by atomic mass is 10.1. The third kappa shape index (κ3) is 5.36. The summed E-state index contributed by atoms with van der Waals surface area (Å²) in [5.41, 5.74) is 1.22. The highest BCUT2D eigenvalue weighted by atomic mass is 35.5. The molecule has 4 rings (SSSR count). The van der Waals surface area contributed by atoms with Gasteiger partial charge in [-0.2, -0.15) is 4.99 Å². The number of rotatable bonds is 4. The van der Waals surface area contributed by atoms with Gasteiger partial charge in [0.05, 0.1) is 0 Å². The van der Waals surface area contributed by atoms with Crippen LogP contribution >= 0.6 is 11.6 Å². The van der Waals surface area contributed by atoms with Crippen LogP contribution in [-0.2, 0) is 4.79 Å². The molecule has 7 nitrogen and oxygen atoms in total. The SMILES string of the molecule is CN1C(=Cc2ccc(F)c(Oc3ccccc3)c2)C(=O)NC1=NC(=O)Nc1cccc(Cl)c1. The molecule has 2 N–H and O–H groups in total. The first-order valence-electron chi connectivity index (χ1n) is 9.83. The molecule has 0 radical (unpaired) electrons. The molecule has 0 spiro atoms. The molecule has 3 aromatic rings. The summed E-state index contributed by atoms with van der Waals surface area (Å²) < 4.78 is 19.8. The van der Waals surface area contributed by atoms with Crippen LogP contribution in [0.4, 0.5) is 14.9 Å². The van der Waals surface area contributed by atoms with Crippen LogP contribution in [0.1, 0.15) is 5.56 Å². The van der Waals surface area contributed by atoms with Crippen molar-refractivity contribution in [2.75, 3.05) is 12.4 Å². The van der Waals surface area contributed by atoms with E-state index in [4.69, 9.17) is 16.3 Å². The lowest BCUT2D eigenvalue weighted by Crippen LogP contribution is -2.29. The summed E-state index contributed by atoms with van der Waals surface area (Å²) in [6, 6.07) is 19.0. The molecule has 0 saturated carbocycles. The summed E-state index contributed by atoms with van der Waals surface area (Å²) in [6.45, 7) is 0. The van der Waals surface area contributed by atoms with Gasteiger partial charge in [0.25, 0.3) is 5.91 Å². The fourth-order valence-corrected chi connectivity index (χ4v) is 3.25. The Morgan fingerprint density at radius 3 is 2.67 bits per heavy atom. The van der Waals surface area contributed by atoms with Crippen LogP contribution in [0.2, 0.25) is 5.02 Å². The molecule has 1 heterocycles. The van der Waals surface area contributed by atoms with Crippen molar-refractivity contribution in [3.8, 4) is 11.5 Å². The molecular formula is C24H18ClFN4O3. The summed E-state index contributed by atoms with van der Waals surface area (Å²) in [5, 5.41) is 5.59. The zero-order valence-corrected chi connectivity index (χ0v) is 18.1. The molecule has 0 unspecified atom stereocenters. The Labute approximate surface area is 194 Å². The molecule has 0 aromatic heterocycles. The highest BCUT2D eigenvalue weighted by Crippen LogP contribution is 2.27. The number of likely N-dealkylation sites (N-methyl/N-ethyl adjacent to an activating group) is 1. The number of guanidine groups is 1. The Morgan fingerprint density at radius 2 is 1.91 bits per heavy atom. The minimum absolute atomic E-state index is 0.0198. The number of hydrogen-bond donors (Lipinski definition) is 2. The maximum atomic E-state index is 14.2. The van der Waals surface area contributed by atoms with Crippen LogP contribution in [0, 0.1) is 5.82 Å². The monoisotopic (exact) mass is 464 g/mol. The van der Waals surface area contributed by atoms with E-state index in [1.807, 2.05) is 6.07 Å². The standard InChI is InChI=1S/C24H18ClFN4O3/c1-30-20(12-15-10-11-19(26)21(13-15)33-18-8-3-2-4-9-18)22(31)28-23(30)29-24(32)27-17-7-5-6-16(25)14-17/h2-14H,1H3,(H2,27,28,29,31,32). The zero-order chi connectivity index (χ0) is 23.4. The molecule has 33 heavy (non-hydrogen) atoms. The number of nitrogens with one attached hydrogen (secondary N) is 2. The van der Waals surface area contributed by atoms with E-state index in [0.29, 0.717) is 22.0 Å². The number of aliphatic imine (C=N–C) groups is 1. The van der Waals surface area contributed by atoms with Crippen molar-refractivity contribution in [3.63, 3.8) is 0 Å². The van der Waals surface area contributed by atoms with Gasteiger partial charge in [0.15, 0.2) is 11.6 Å². The van der Waals surface area contributed by atoms with Gasteiger partial charge >= 0.3 is 6.03 Å². The number of amides is 3. The molecule has 0 atom stereocenters. The number of benzene rings is 3. The topological polar surface area (TPSA) is 83.0 Å². The minimum atomic E-state index is -0.680. The summed E-state index contributed by atoms with van der Waals surface area (Å²) in [4.78, 5) is 30.1. The molecule has 3 amide bonds. The van der Waals surface area contributed by atoms with Gasteiger partial charge in [0, 0.05) is 17.8 Å². The number of ether oxygens (including phenoxy) is 1. The maximum absolute atomic E-state index is 14.2. The van der Waals surface area contributed by atoms with Gasteiger partial charge in [-0.1, -0.05) is 41.9 Å². The fourth-order valence-electron chi connectivity index (χ4n) is 3.06. The minimum Gasteiger partial charge on any atom is -0.454 e. The van der Waals surface area contributed by atoms with Gasteiger partial charge in [0.2, 0.25) is 5.96 Å². The van der Waals surface area contributed by atoms with Gasteiger partial charge in [0.1, 0.15) is 11.4 Å². The van der Waals surface area contributed by atoms with E-state index in [-0.39, 0.29) is 17.4 Å². The molecule has 1 saturated heterocycles. The summed E-state index contributed by atoms with van der Waals surface area (Å²) in [6.07, 6.45) is 1.55. The normalized spacial score (nSPS) is 15.6. The fraction of sp³-hybridized carbons (Fsp3) is 0.0417. The highest BCUT2D eigenvalue weighted by Gasteiger charge is 2.29. The first kappa shape index (κ1) is 22.0. The van der Waals surface area contributed by atoms with E-state index < -0.39 is 17.8 Å². The number of para-hydroxylation sites is 1. The Bertz CT molecular complexity index is 1280. The lowest BCUT2D eigenvalue weighted by Gasteiger charge is -2.12. The van der Waals surface area contributed by atoms with Crippen molar-refractivity contribution in [1.82, 2.24) is 10.2 Å². The van der Waals surface area contributed by atoms with Gasteiger partial charge in [-0.3, -0.25) is 10.1 Å². The number of hydrogen-bond acceptors (Lipinski definition) is 3. The molecular weight excluding hydrogens is 447 g/mol. The van der Waals surface area contributed by atoms with E-state index >= 15 is 0 Å². The van der Waals surface area contributed by atoms with Crippen molar-refractivity contribution in [3.05, 3.63) is 94.9 Å². The Balaban J connectivity index is 1.53. The van der Waals surface area contributed by atoms with Crippen molar-refractivity contribution in [2.24, 2.45) is 4.99 Å². The van der Waals surface area contributed by atoms with Gasteiger partial charge in [-0.15, -0.1) is 0 Å². The predicted molar refractivity (Wildman–Crippen MR) is 125 cm³/mol. The number of carbonyl (C=O) groups excluding carboxylic acids is 2. The van der Waals surface area contributed by atoms with E-state index in [1.165, 1.54) is 23.1 Å². The van der Waals surface area contributed by atoms with E-state index in [2.05, 4.69) is 15.6 Å². The second kappa shape index (κ2) is 9.54. The Kier molecular flexibility index (Phi) is 6.37. The van der Waals surface area contributed by atoms with E-state index in [1.54, 1.807) is 61.7 Å². The molecule has 3 aromatic carbocycles. The molecule has 1 aliphatic rings. The third-order valence-corrected chi connectivity index (χ3v) is 4.89. The van der Waals surface area contributed by atoms with E-state index in [0.717, 1.165) is 0 Å². The Hall–Kier alpha value is -4.17. The van der Waals surface area contributed by atoms with Crippen molar-refractivity contribution in [2.45, 2.75) is 0 Å². The molecule has 1 fully saturated rings. The van der Waals surface area contributed by atoms with Crippen LogP contribution < -0.4 is 15.4 Å². The number of anilines is 1. The predicted octanol–water partition coefficient (Wildman–Crippen LogP) is 5.26. The number of halogens is 2. The number of urea groups is 1. The average Bonchev–Trinajstić information content (AvgIpc) is 3.04. The third-order valence-electron chi connectivity index (χ3n) is 4.65. The summed E-state index contributed by atoms with van der Waals surface area (Å²) in [5.74, 6) is -0.441. The molecule has 0 bridgehead atoms. The van der Waals surface area contributed by atoms with Crippen LogP contribution in [0.25, 0.3) is 6.08 Å². The van der Waals surface area contributed by atoms with Gasteiger partial charge < -0.3 is 15.0 Å². The van der Waals surface area contributed by atoms with E-state index in [9.17, 15) is 14.0 Å². The molecule has 0 aliphatic carbocycles. The first-order chi connectivity index (χ1) is 15.9. The second-order valence-electron chi connectivity index (χ2n) is 7.02. The first-order valence-corrected chi connectivity index (χ1v) is 10.2. The van der Waals surface area contributed by atoms with Gasteiger partial charge in [-0.05, 0) is 54.1 Å². The van der Waals surface area contributed by atoms with Crippen LogP contribution in [0.5, 0.6) is 11.5 Å². The largest absolute Gasteiger partial charge is 0.454 e. The van der Waals surface area contributed by atoms with Crippen molar-refractivity contribution < 1.29 is 18.7 Å². The van der Waals surface area contributed by atoms with Crippen molar-refractivity contribution >= 4 is 41.3 Å². The quantitative estimate of drug-likeness (QED) is 0.516. The molecule has 166 valence electrons. The highest BCUT2D eigenvalue weighted by molar-refractivity contribution is 6.31. The Morgan fingerprint density at radius 1 is 1.12 bits per heavy atom. The molecule has 1 aliphatic heterocycles. The lowest BCUT2D eigenvalue weighted by molar-refractivity contribution is -0.115. The number of carbonyl (C=O) groups is 2. The summed E-state index contributed by atoms with van der Waals surface area (Å²) >= 11 is 5.91. The zero-order valence-electron chi connectivity index (χ0n) is 17.4. The smallest absolute Gasteiger partial charge is 0.348 e. The average molecular weight is 465 g/mol. The number of nitrogens with zero attached hydrogens (tertiary/aromatic N) is 2. The maximum Gasteiger partial charge on any atom is 0.348 e. The molecule has 9 heteroatoms. The van der Waals surface area contributed by atoms with Crippen LogP contribution in [0.3, 0.4) is 0 Å². The van der Waals surface area contributed by atoms with Gasteiger partial charge in [-0.25, -0.2) is 9.18 Å². The van der Waals surface area contributed by atoms with Crippen LogP contribution in [0.15, 0.2) is 83.5 Å². The second-order valence-corrected chi connectivity index (χ2v) is 7.46. The summed E-state index contributed by atoms with van der Waals surface area (Å²) in [7, 11) is 1.58. The van der Waals surface area contributed by atoms with Crippen LogP contribution in [-0.4, -0.2) is 29.8 Å².